The average Bonchev–Trinajstić information content (AvgIpc) is 2.86. The fourth-order valence-corrected chi connectivity index (χ4v) is 6.19. The van der Waals surface area contributed by atoms with Crippen LogP contribution in [0.25, 0.3) is 0 Å². The first kappa shape index (κ1) is 27.6. The number of hydrogen-bond acceptors (Lipinski definition) is 2. The van der Waals surface area contributed by atoms with E-state index < -0.39 is 35.4 Å². The summed E-state index contributed by atoms with van der Waals surface area (Å²) in [5.41, 5.74) is 0.606. The first-order valence-electron chi connectivity index (χ1n) is 13.3. The van der Waals surface area contributed by atoms with E-state index in [1.807, 2.05) is 0 Å². The van der Waals surface area contributed by atoms with E-state index in [1.54, 1.807) is 12.1 Å². The van der Waals surface area contributed by atoms with Gasteiger partial charge in [-0.3, -0.25) is 0 Å². The van der Waals surface area contributed by atoms with Crippen molar-refractivity contribution in [1.82, 2.24) is 0 Å². The fourth-order valence-electron chi connectivity index (χ4n) is 6.19. The van der Waals surface area contributed by atoms with Crippen molar-refractivity contribution >= 4 is 0 Å². The van der Waals surface area contributed by atoms with E-state index in [0.29, 0.717) is 18.1 Å². The molecule has 2 nitrogen and oxygen atoms in total. The molecule has 0 radical (unpaired) electrons. The van der Waals surface area contributed by atoms with Gasteiger partial charge in [0.1, 0.15) is 5.75 Å². The lowest BCUT2D eigenvalue weighted by Gasteiger charge is -2.38. The summed E-state index contributed by atoms with van der Waals surface area (Å²) in [6, 6.07) is 7.83. The summed E-state index contributed by atoms with van der Waals surface area (Å²) in [7, 11) is 0. The number of benzene rings is 2. The van der Waals surface area contributed by atoms with Gasteiger partial charge in [0.15, 0.2) is 11.6 Å². The maximum Gasteiger partial charge on any atom is 0.573 e. The largest absolute Gasteiger partial charge is 0.573 e. The van der Waals surface area contributed by atoms with Crippen LogP contribution in [0.2, 0.25) is 0 Å². The molecule has 4 rings (SSSR count). The molecule has 2 aromatic carbocycles. The van der Waals surface area contributed by atoms with Gasteiger partial charge in [-0.2, -0.15) is 8.78 Å². The summed E-state index contributed by atoms with van der Waals surface area (Å²) < 4.78 is 88.2. The molecule has 0 aliphatic heterocycles. The molecule has 2 saturated carbocycles. The molecule has 8 heteroatoms. The Morgan fingerprint density at radius 1 is 0.757 bits per heavy atom. The Balaban J connectivity index is 1.31. The van der Waals surface area contributed by atoms with Crippen LogP contribution >= 0.6 is 0 Å². The first-order valence-corrected chi connectivity index (χ1v) is 13.3. The molecular weight excluding hydrogens is 494 g/mol. The second kappa shape index (κ2) is 11.6. The lowest BCUT2D eigenvalue weighted by atomic mass is 9.68. The predicted octanol–water partition coefficient (Wildman–Crippen LogP) is 9.73. The second-order valence-corrected chi connectivity index (χ2v) is 10.6. The van der Waals surface area contributed by atoms with Gasteiger partial charge in [-0.15, -0.1) is 13.2 Å². The molecule has 37 heavy (non-hydrogen) atoms. The van der Waals surface area contributed by atoms with Crippen LogP contribution in [0.3, 0.4) is 0 Å². The summed E-state index contributed by atoms with van der Waals surface area (Å²) in [6.45, 7) is 2.26. The van der Waals surface area contributed by atoms with Crippen molar-refractivity contribution in [1.29, 1.82) is 0 Å². The molecular formula is C29H34F6O2. The molecule has 0 aromatic heterocycles. The highest BCUT2D eigenvalue weighted by Gasteiger charge is 2.36. The van der Waals surface area contributed by atoms with Gasteiger partial charge in [0.25, 0.3) is 0 Å². The normalized spacial score (nSPS) is 25.1. The van der Waals surface area contributed by atoms with Crippen molar-refractivity contribution < 1.29 is 35.8 Å². The van der Waals surface area contributed by atoms with E-state index in [9.17, 15) is 26.3 Å². The molecule has 0 spiro atoms. The predicted molar refractivity (Wildman–Crippen MR) is 129 cm³/mol. The Morgan fingerprint density at radius 3 is 1.89 bits per heavy atom. The Labute approximate surface area is 214 Å². The quantitative estimate of drug-likeness (QED) is 0.318. The Bertz CT molecular complexity index is 1000. The van der Waals surface area contributed by atoms with Gasteiger partial charge in [0.2, 0.25) is 0 Å². The number of rotatable bonds is 8. The van der Waals surface area contributed by atoms with Crippen LogP contribution in [0.4, 0.5) is 26.3 Å². The molecule has 0 amide bonds. The zero-order valence-corrected chi connectivity index (χ0v) is 21.0. The smallest absolute Gasteiger partial charge is 0.429 e. The molecule has 0 unspecified atom stereocenters. The third-order valence-electron chi connectivity index (χ3n) is 8.12. The maximum absolute atomic E-state index is 14.7. The average molecular weight is 529 g/mol. The van der Waals surface area contributed by atoms with Gasteiger partial charge in [0, 0.05) is 6.07 Å². The molecule has 0 heterocycles. The van der Waals surface area contributed by atoms with Crippen LogP contribution in [0.5, 0.6) is 11.5 Å². The van der Waals surface area contributed by atoms with E-state index >= 15 is 0 Å². The highest BCUT2D eigenvalue weighted by atomic mass is 19.4. The highest BCUT2D eigenvalue weighted by molar-refractivity contribution is 5.34. The lowest BCUT2D eigenvalue weighted by molar-refractivity contribution is -0.275. The van der Waals surface area contributed by atoms with E-state index in [0.717, 1.165) is 42.2 Å². The third kappa shape index (κ3) is 7.35. The monoisotopic (exact) mass is 528 g/mol. The van der Waals surface area contributed by atoms with Crippen molar-refractivity contribution in [2.45, 2.75) is 89.5 Å². The number of ether oxygens (including phenoxy) is 2. The second-order valence-electron chi connectivity index (χ2n) is 10.6. The summed E-state index contributed by atoms with van der Waals surface area (Å²) >= 11 is 0. The van der Waals surface area contributed by atoms with Crippen molar-refractivity contribution in [3.8, 4) is 11.5 Å². The Kier molecular flexibility index (Phi) is 8.64. The van der Waals surface area contributed by atoms with Gasteiger partial charge >= 0.3 is 12.5 Å². The minimum Gasteiger partial charge on any atom is -0.429 e. The van der Waals surface area contributed by atoms with E-state index in [4.69, 9.17) is 0 Å². The minimum atomic E-state index is -5.10. The van der Waals surface area contributed by atoms with Gasteiger partial charge in [-0.1, -0.05) is 44.7 Å². The summed E-state index contributed by atoms with van der Waals surface area (Å²) in [5, 5.41) is 0. The van der Waals surface area contributed by atoms with Gasteiger partial charge in [-0.25, -0.2) is 4.39 Å². The minimum absolute atomic E-state index is 0.339. The van der Waals surface area contributed by atoms with Gasteiger partial charge in [0.05, 0.1) is 5.56 Å². The topological polar surface area (TPSA) is 18.5 Å². The zero-order chi connectivity index (χ0) is 26.6. The molecule has 2 fully saturated rings. The van der Waals surface area contributed by atoms with Crippen LogP contribution in [0.15, 0.2) is 42.5 Å². The van der Waals surface area contributed by atoms with E-state index in [2.05, 4.69) is 16.4 Å². The fraction of sp³-hybridized carbons (Fsp3) is 0.586. The Morgan fingerprint density at radius 2 is 1.35 bits per heavy atom. The Hall–Kier alpha value is -2.38. The van der Waals surface area contributed by atoms with Crippen LogP contribution in [0, 0.1) is 23.6 Å². The van der Waals surface area contributed by atoms with E-state index in [1.165, 1.54) is 63.5 Å². The number of alkyl halides is 5. The summed E-state index contributed by atoms with van der Waals surface area (Å²) in [6.07, 6.45) is 3.58. The summed E-state index contributed by atoms with van der Waals surface area (Å²) in [5.74, 6) is -0.345. The van der Waals surface area contributed by atoms with Crippen LogP contribution in [-0.2, 0) is 6.11 Å². The maximum atomic E-state index is 14.7. The van der Waals surface area contributed by atoms with Crippen molar-refractivity contribution in [2.75, 3.05) is 0 Å². The van der Waals surface area contributed by atoms with Crippen molar-refractivity contribution in [3.05, 3.63) is 59.4 Å². The highest BCUT2D eigenvalue weighted by Crippen LogP contribution is 2.45. The zero-order valence-electron chi connectivity index (χ0n) is 21.0. The van der Waals surface area contributed by atoms with Crippen LogP contribution in [-0.4, -0.2) is 6.36 Å². The van der Waals surface area contributed by atoms with Crippen molar-refractivity contribution in [3.63, 3.8) is 0 Å². The molecule has 0 bridgehead atoms. The number of halogens is 6. The van der Waals surface area contributed by atoms with Crippen LogP contribution in [0.1, 0.15) is 88.2 Å². The molecule has 2 aromatic rings. The molecule has 0 N–H and O–H groups in total. The van der Waals surface area contributed by atoms with Gasteiger partial charge < -0.3 is 9.47 Å². The third-order valence-corrected chi connectivity index (χ3v) is 8.12. The van der Waals surface area contributed by atoms with Crippen molar-refractivity contribution in [2.24, 2.45) is 17.8 Å². The SMILES string of the molecule is CCC[C@H]1CC[C@H]([C@H]2CC[C@H](c3ccc(C(F)(F)Oc4ccc(OC(F)(F)F)c(F)c4)cc3)CC2)CC1. The number of hydrogen-bond donors (Lipinski definition) is 0. The molecule has 0 atom stereocenters. The first-order chi connectivity index (χ1) is 17.5. The molecule has 0 saturated heterocycles. The lowest BCUT2D eigenvalue weighted by Crippen LogP contribution is -2.25. The summed E-state index contributed by atoms with van der Waals surface area (Å²) in [4.78, 5) is 0. The van der Waals surface area contributed by atoms with E-state index in [-0.39, 0.29) is 0 Å². The molecule has 2 aliphatic carbocycles. The van der Waals surface area contributed by atoms with Crippen LogP contribution < -0.4 is 9.47 Å². The molecule has 2 aliphatic rings. The van der Waals surface area contributed by atoms with Gasteiger partial charge in [-0.05, 0) is 92.0 Å². The standard InChI is InChI=1S/C29H34F6O2/c1-2-3-19-4-6-20(7-5-19)21-8-10-22(11-9-21)23-12-14-24(15-13-23)28(31,32)36-25-16-17-27(26(30)18-25)37-29(33,34)35/h12-22H,2-11H2,1H3/t19-,20-,21-,22-. The molecule has 204 valence electrons.